The number of thiazole rings is 1. The van der Waals surface area contributed by atoms with Crippen LogP contribution in [0.2, 0.25) is 0 Å². The Morgan fingerprint density at radius 3 is 2.94 bits per heavy atom. The Labute approximate surface area is 106 Å². The minimum absolute atomic E-state index is 0.0384. The molecule has 0 aliphatic carbocycles. The second-order valence-electron chi connectivity index (χ2n) is 4.69. The van der Waals surface area contributed by atoms with Gasteiger partial charge in [-0.05, 0) is 51.2 Å². The average Bonchev–Trinajstić information content (AvgIpc) is 2.76. The highest BCUT2D eigenvalue weighted by molar-refractivity contribution is 7.07. The van der Waals surface area contributed by atoms with Crippen molar-refractivity contribution in [3.63, 3.8) is 0 Å². The highest BCUT2D eigenvalue weighted by Crippen LogP contribution is 2.17. The van der Waals surface area contributed by atoms with Gasteiger partial charge in [0.25, 0.3) is 0 Å². The summed E-state index contributed by atoms with van der Waals surface area (Å²) in [5, 5.41) is 8.66. The lowest BCUT2D eigenvalue weighted by molar-refractivity contribution is 0.344. The summed E-state index contributed by atoms with van der Waals surface area (Å²) in [7, 11) is 0. The number of hydrogen-bond acceptors (Lipinski definition) is 4. The highest BCUT2D eigenvalue weighted by Gasteiger charge is 2.11. The number of rotatable bonds is 6. The summed E-state index contributed by atoms with van der Waals surface area (Å²) in [5.41, 5.74) is 1.00. The van der Waals surface area contributed by atoms with Crippen LogP contribution in [-0.4, -0.2) is 24.6 Å². The quantitative estimate of drug-likeness (QED) is 0.672. The monoisotopic (exact) mass is 255 g/mol. The van der Waals surface area contributed by atoms with E-state index < -0.39 is 0 Å². The normalized spacial score (nSPS) is 17.4. The molecule has 1 aromatic heterocycles. The Kier molecular flexibility index (Phi) is 5.22. The number of hydrogen-bond donors (Lipinski definition) is 3. The third kappa shape index (κ3) is 4.61. The standard InChI is InChI=1S/C12H21N3OS/c16-12-15-11(9-17-12)8-14-5-1-2-10-3-6-13-7-4-10/h9-10,13-14H,1-8H2,(H,15,16). The molecule has 17 heavy (non-hydrogen) atoms. The van der Waals surface area contributed by atoms with Gasteiger partial charge in [-0.15, -0.1) is 0 Å². The maximum absolute atomic E-state index is 10.9. The van der Waals surface area contributed by atoms with E-state index in [2.05, 4.69) is 15.6 Å². The topological polar surface area (TPSA) is 56.9 Å². The molecule has 0 radical (unpaired) electrons. The van der Waals surface area contributed by atoms with Gasteiger partial charge in [-0.2, -0.15) is 0 Å². The molecule has 1 aliphatic rings. The first kappa shape index (κ1) is 12.8. The zero-order chi connectivity index (χ0) is 11.9. The van der Waals surface area contributed by atoms with Crippen molar-refractivity contribution < 1.29 is 0 Å². The number of piperidine rings is 1. The molecule has 0 bridgehead atoms. The van der Waals surface area contributed by atoms with Gasteiger partial charge in [-0.3, -0.25) is 4.79 Å². The Bertz CT molecular complexity index is 368. The molecule has 1 saturated heterocycles. The molecule has 0 spiro atoms. The summed E-state index contributed by atoms with van der Waals surface area (Å²) in [4.78, 5) is 13.8. The summed E-state index contributed by atoms with van der Waals surface area (Å²) < 4.78 is 0. The van der Waals surface area contributed by atoms with Crippen LogP contribution < -0.4 is 15.5 Å². The van der Waals surface area contributed by atoms with Gasteiger partial charge in [0.2, 0.25) is 0 Å². The molecule has 1 aromatic rings. The molecule has 5 heteroatoms. The van der Waals surface area contributed by atoms with Crippen molar-refractivity contribution in [1.29, 1.82) is 0 Å². The summed E-state index contributed by atoms with van der Waals surface area (Å²) in [6, 6.07) is 0. The van der Waals surface area contributed by atoms with Crippen LogP contribution in [-0.2, 0) is 6.54 Å². The molecule has 0 saturated carbocycles. The molecule has 0 aromatic carbocycles. The van der Waals surface area contributed by atoms with E-state index in [1.54, 1.807) is 0 Å². The second-order valence-corrected chi connectivity index (χ2v) is 5.53. The summed E-state index contributed by atoms with van der Waals surface area (Å²) in [6.45, 7) is 4.20. The maximum Gasteiger partial charge on any atom is 0.304 e. The molecule has 0 unspecified atom stereocenters. The van der Waals surface area contributed by atoms with Crippen LogP contribution in [0.15, 0.2) is 10.2 Å². The van der Waals surface area contributed by atoms with E-state index in [1.165, 1.54) is 50.1 Å². The summed E-state index contributed by atoms with van der Waals surface area (Å²) in [5.74, 6) is 0.916. The SMILES string of the molecule is O=c1[nH]c(CNCCCC2CCNCC2)cs1. The van der Waals surface area contributed by atoms with E-state index in [-0.39, 0.29) is 4.87 Å². The van der Waals surface area contributed by atoms with E-state index >= 15 is 0 Å². The van der Waals surface area contributed by atoms with E-state index in [0.29, 0.717) is 0 Å². The minimum atomic E-state index is 0.0384. The second kappa shape index (κ2) is 6.93. The lowest BCUT2D eigenvalue weighted by Gasteiger charge is -2.22. The van der Waals surface area contributed by atoms with Crippen LogP contribution in [0.5, 0.6) is 0 Å². The van der Waals surface area contributed by atoms with Gasteiger partial charge < -0.3 is 15.6 Å². The predicted molar refractivity (Wildman–Crippen MR) is 71.5 cm³/mol. The van der Waals surface area contributed by atoms with Crippen LogP contribution in [0.1, 0.15) is 31.4 Å². The number of aromatic amines is 1. The fourth-order valence-electron chi connectivity index (χ4n) is 2.31. The molecule has 2 heterocycles. The first-order valence-corrected chi connectivity index (χ1v) is 7.30. The van der Waals surface area contributed by atoms with Crippen molar-refractivity contribution in [3.05, 3.63) is 20.7 Å². The molecule has 96 valence electrons. The Morgan fingerprint density at radius 1 is 1.41 bits per heavy atom. The van der Waals surface area contributed by atoms with Crippen LogP contribution >= 0.6 is 11.3 Å². The Balaban J connectivity index is 1.52. The average molecular weight is 255 g/mol. The third-order valence-corrected chi connectivity index (χ3v) is 4.03. The maximum atomic E-state index is 10.9. The predicted octanol–water partition coefficient (Wildman–Crippen LogP) is 1.31. The number of aromatic nitrogens is 1. The fraction of sp³-hybridized carbons (Fsp3) is 0.750. The van der Waals surface area contributed by atoms with Crippen molar-refractivity contribution in [2.45, 2.75) is 32.2 Å². The Morgan fingerprint density at radius 2 is 2.24 bits per heavy atom. The molecule has 0 amide bonds. The first-order chi connectivity index (χ1) is 8.34. The number of H-pyrrole nitrogens is 1. The number of nitrogens with one attached hydrogen (secondary N) is 3. The van der Waals surface area contributed by atoms with Gasteiger partial charge >= 0.3 is 4.87 Å². The van der Waals surface area contributed by atoms with Crippen molar-refractivity contribution in [2.24, 2.45) is 5.92 Å². The zero-order valence-electron chi connectivity index (χ0n) is 10.1. The lowest BCUT2D eigenvalue weighted by atomic mass is 9.93. The molecule has 0 atom stereocenters. The third-order valence-electron chi connectivity index (χ3n) is 3.31. The van der Waals surface area contributed by atoms with Crippen LogP contribution in [0.4, 0.5) is 0 Å². The van der Waals surface area contributed by atoms with E-state index in [0.717, 1.165) is 24.7 Å². The van der Waals surface area contributed by atoms with E-state index in [1.807, 2.05) is 5.38 Å². The zero-order valence-corrected chi connectivity index (χ0v) is 10.9. The van der Waals surface area contributed by atoms with Gasteiger partial charge in [0.15, 0.2) is 0 Å². The van der Waals surface area contributed by atoms with Crippen LogP contribution in [0.25, 0.3) is 0 Å². The molecule has 1 aliphatic heterocycles. The van der Waals surface area contributed by atoms with Gasteiger partial charge in [-0.25, -0.2) is 0 Å². The molecular formula is C12H21N3OS. The summed E-state index contributed by atoms with van der Waals surface area (Å²) >= 11 is 1.23. The van der Waals surface area contributed by atoms with Crippen molar-refractivity contribution in [3.8, 4) is 0 Å². The van der Waals surface area contributed by atoms with Crippen LogP contribution in [0.3, 0.4) is 0 Å². The van der Waals surface area contributed by atoms with Gasteiger partial charge in [0.1, 0.15) is 0 Å². The van der Waals surface area contributed by atoms with Gasteiger partial charge in [-0.1, -0.05) is 11.3 Å². The highest BCUT2D eigenvalue weighted by atomic mass is 32.1. The van der Waals surface area contributed by atoms with Gasteiger partial charge in [0.05, 0.1) is 0 Å². The van der Waals surface area contributed by atoms with Gasteiger partial charge in [0, 0.05) is 17.6 Å². The molecule has 3 N–H and O–H groups in total. The van der Waals surface area contributed by atoms with Crippen LogP contribution in [0, 0.1) is 5.92 Å². The van der Waals surface area contributed by atoms with E-state index in [4.69, 9.17) is 0 Å². The van der Waals surface area contributed by atoms with Crippen molar-refractivity contribution in [2.75, 3.05) is 19.6 Å². The molecular weight excluding hydrogens is 234 g/mol. The minimum Gasteiger partial charge on any atom is -0.317 e. The molecule has 4 nitrogen and oxygen atoms in total. The smallest absolute Gasteiger partial charge is 0.304 e. The Hall–Kier alpha value is -0.650. The molecule has 2 rings (SSSR count). The first-order valence-electron chi connectivity index (χ1n) is 6.43. The van der Waals surface area contributed by atoms with E-state index in [9.17, 15) is 4.79 Å². The lowest BCUT2D eigenvalue weighted by Crippen LogP contribution is -2.28. The molecule has 1 fully saturated rings. The van der Waals surface area contributed by atoms with Crippen molar-refractivity contribution >= 4 is 11.3 Å². The largest absolute Gasteiger partial charge is 0.317 e. The fourth-order valence-corrected chi connectivity index (χ4v) is 2.89. The summed E-state index contributed by atoms with van der Waals surface area (Å²) in [6.07, 6.45) is 5.23. The van der Waals surface area contributed by atoms with Crippen molar-refractivity contribution in [1.82, 2.24) is 15.6 Å².